The Morgan fingerprint density at radius 3 is 2.68 bits per heavy atom. The van der Waals surface area contributed by atoms with E-state index in [1.54, 1.807) is 12.1 Å². The van der Waals surface area contributed by atoms with Crippen LogP contribution in [-0.2, 0) is 6.54 Å². The highest BCUT2D eigenvalue weighted by Gasteiger charge is 2.09. The van der Waals surface area contributed by atoms with Gasteiger partial charge in [-0.15, -0.1) is 10.2 Å². The number of rotatable bonds is 6. The van der Waals surface area contributed by atoms with E-state index >= 15 is 0 Å². The Labute approximate surface area is 161 Å². The Morgan fingerprint density at radius 1 is 1.11 bits per heavy atom. The average molecular weight is 376 g/mol. The fraction of sp³-hybridized carbons (Fsp3) is 0.250. The van der Waals surface area contributed by atoms with Crippen molar-refractivity contribution in [2.75, 3.05) is 6.61 Å². The van der Waals surface area contributed by atoms with Crippen molar-refractivity contribution in [3.05, 3.63) is 64.7 Å². The zero-order valence-corrected chi connectivity index (χ0v) is 15.7. The number of hydrogen-bond donors (Lipinski definition) is 1. The number of benzene rings is 2. The van der Waals surface area contributed by atoms with Gasteiger partial charge in [-0.05, 0) is 47.5 Å². The number of para-hydroxylation sites is 1. The lowest BCUT2D eigenvalue weighted by molar-refractivity contribution is 0.271. The molecule has 0 spiro atoms. The van der Waals surface area contributed by atoms with Crippen molar-refractivity contribution in [2.45, 2.75) is 20.4 Å². The van der Waals surface area contributed by atoms with Crippen LogP contribution >= 0.6 is 0 Å². The minimum Gasteiger partial charge on any atom is -0.493 e. The van der Waals surface area contributed by atoms with E-state index in [0.717, 1.165) is 11.3 Å². The molecule has 0 fully saturated rings. The van der Waals surface area contributed by atoms with E-state index < -0.39 is 0 Å². The van der Waals surface area contributed by atoms with Gasteiger partial charge in [0.05, 0.1) is 17.5 Å². The molecule has 0 unspecified atom stereocenters. The molecule has 0 bridgehead atoms. The first-order chi connectivity index (χ1) is 13.6. The van der Waals surface area contributed by atoms with Crippen LogP contribution in [0.3, 0.4) is 0 Å². The second-order valence-electron chi connectivity index (χ2n) is 6.90. The number of aromatic nitrogens is 6. The highest BCUT2D eigenvalue weighted by molar-refractivity contribution is 5.77. The van der Waals surface area contributed by atoms with Gasteiger partial charge in [0.1, 0.15) is 18.1 Å². The molecule has 2 aromatic heterocycles. The van der Waals surface area contributed by atoms with Crippen LogP contribution in [0.1, 0.15) is 19.7 Å². The van der Waals surface area contributed by atoms with Gasteiger partial charge >= 0.3 is 0 Å². The standard InChI is InChI=1S/C20H20N6O2/c1-13(2)12-28-15-9-7-14(8-10-15)19-23-25-26(24-19)11-18-21-17-6-4-3-5-16(17)20(27)22-18/h3-10,13H,11-12H2,1-2H3,(H,21,22,27). The van der Waals surface area contributed by atoms with Gasteiger partial charge in [0.2, 0.25) is 5.82 Å². The summed E-state index contributed by atoms with van der Waals surface area (Å²) in [5.74, 6) is 2.25. The summed E-state index contributed by atoms with van der Waals surface area (Å²) in [6, 6.07) is 14.8. The minimum atomic E-state index is -0.182. The number of H-pyrrole nitrogens is 1. The number of aromatic amines is 1. The predicted octanol–water partition coefficient (Wildman–Crippen LogP) is 2.66. The van der Waals surface area contributed by atoms with Crippen LogP contribution in [0.15, 0.2) is 53.3 Å². The summed E-state index contributed by atoms with van der Waals surface area (Å²) in [6.45, 7) is 5.11. The number of hydrogen-bond acceptors (Lipinski definition) is 6. The summed E-state index contributed by atoms with van der Waals surface area (Å²) < 4.78 is 5.69. The Bertz CT molecular complexity index is 1150. The van der Waals surface area contributed by atoms with Gasteiger partial charge in [0.25, 0.3) is 5.56 Å². The highest BCUT2D eigenvalue weighted by atomic mass is 16.5. The summed E-state index contributed by atoms with van der Waals surface area (Å²) >= 11 is 0. The fourth-order valence-corrected chi connectivity index (χ4v) is 2.73. The van der Waals surface area contributed by atoms with Gasteiger partial charge in [0, 0.05) is 5.56 Å². The second-order valence-corrected chi connectivity index (χ2v) is 6.90. The van der Waals surface area contributed by atoms with Crippen LogP contribution < -0.4 is 10.3 Å². The molecule has 2 aromatic carbocycles. The molecule has 2 heterocycles. The Kier molecular flexibility index (Phi) is 4.84. The molecule has 4 rings (SSSR count). The summed E-state index contributed by atoms with van der Waals surface area (Å²) in [4.78, 5) is 20.8. The van der Waals surface area contributed by atoms with Crippen LogP contribution in [0.4, 0.5) is 0 Å². The first kappa shape index (κ1) is 17.8. The number of nitrogens with zero attached hydrogens (tertiary/aromatic N) is 5. The summed E-state index contributed by atoms with van der Waals surface area (Å²) in [7, 11) is 0. The van der Waals surface area contributed by atoms with Gasteiger partial charge in [-0.25, -0.2) is 4.98 Å². The molecule has 4 aromatic rings. The van der Waals surface area contributed by atoms with E-state index in [0.29, 0.717) is 35.1 Å². The van der Waals surface area contributed by atoms with Gasteiger partial charge < -0.3 is 9.72 Å². The minimum absolute atomic E-state index is 0.182. The molecule has 28 heavy (non-hydrogen) atoms. The normalized spacial score (nSPS) is 11.2. The Morgan fingerprint density at radius 2 is 1.89 bits per heavy atom. The Balaban J connectivity index is 1.51. The monoisotopic (exact) mass is 376 g/mol. The van der Waals surface area contributed by atoms with Crippen LogP contribution in [0.5, 0.6) is 5.75 Å². The van der Waals surface area contributed by atoms with Crippen LogP contribution in [-0.4, -0.2) is 36.8 Å². The van der Waals surface area contributed by atoms with Crippen LogP contribution in [0, 0.1) is 5.92 Å². The van der Waals surface area contributed by atoms with Crippen molar-refractivity contribution in [1.29, 1.82) is 0 Å². The van der Waals surface area contributed by atoms with Gasteiger partial charge in [-0.3, -0.25) is 4.79 Å². The molecule has 0 aliphatic heterocycles. The zero-order chi connectivity index (χ0) is 19.5. The summed E-state index contributed by atoms with van der Waals surface area (Å²) in [5.41, 5.74) is 1.29. The average Bonchev–Trinajstić information content (AvgIpc) is 3.15. The van der Waals surface area contributed by atoms with E-state index in [2.05, 4.69) is 39.2 Å². The fourth-order valence-electron chi connectivity index (χ4n) is 2.73. The zero-order valence-electron chi connectivity index (χ0n) is 15.7. The van der Waals surface area contributed by atoms with E-state index in [1.165, 1.54) is 4.80 Å². The van der Waals surface area contributed by atoms with E-state index in [4.69, 9.17) is 4.74 Å². The predicted molar refractivity (Wildman–Crippen MR) is 105 cm³/mol. The van der Waals surface area contributed by atoms with Crippen molar-refractivity contribution in [3.63, 3.8) is 0 Å². The SMILES string of the molecule is CC(C)COc1ccc(-c2nnn(Cc3nc4ccccc4c(=O)[nH]3)n2)cc1. The molecule has 0 aliphatic carbocycles. The topological polar surface area (TPSA) is 98.6 Å². The third-order valence-corrected chi connectivity index (χ3v) is 4.10. The molecular weight excluding hydrogens is 356 g/mol. The maximum Gasteiger partial charge on any atom is 0.258 e. The second kappa shape index (κ2) is 7.59. The lowest BCUT2D eigenvalue weighted by atomic mass is 10.2. The molecule has 8 nitrogen and oxygen atoms in total. The highest BCUT2D eigenvalue weighted by Crippen LogP contribution is 2.19. The lowest BCUT2D eigenvalue weighted by Crippen LogP contribution is -2.15. The van der Waals surface area contributed by atoms with Crippen molar-refractivity contribution in [1.82, 2.24) is 30.2 Å². The molecular formula is C20H20N6O2. The van der Waals surface area contributed by atoms with Crippen LogP contribution in [0.2, 0.25) is 0 Å². The van der Waals surface area contributed by atoms with Crippen molar-refractivity contribution in [3.8, 4) is 17.1 Å². The Hall–Kier alpha value is -3.55. The molecule has 1 N–H and O–H groups in total. The van der Waals surface area contributed by atoms with E-state index in [9.17, 15) is 4.79 Å². The first-order valence-electron chi connectivity index (χ1n) is 9.07. The molecule has 0 atom stereocenters. The number of ether oxygens (including phenoxy) is 1. The molecule has 0 aliphatic rings. The van der Waals surface area contributed by atoms with Crippen molar-refractivity contribution in [2.24, 2.45) is 5.92 Å². The first-order valence-corrected chi connectivity index (χ1v) is 9.07. The third-order valence-electron chi connectivity index (χ3n) is 4.10. The van der Waals surface area contributed by atoms with Gasteiger partial charge in [-0.2, -0.15) is 4.80 Å². The number of tetrazole rings is 1. The molecule has 142 valence electrons. The lowest BCUT2D eigenvalue weighted by Gasteiger charge is -2.08. The largest absolute Gasteiger partial charge is 0.493 e. The van der Waals surface area contributed by atoms with Crippen LogP contribution in [0.25, 0.3) is 22.3 Å². The smallest absolute Gasteiger partial charge is 0.258 e. The maximum absolute atomic E-state index is 12.2. The number of nitrogens with one attached hydrogen (secondary N) is 1. The molecule has 8 heteroatoms. The summed E-state index contributed by atoms with van der Waals surface area (Å²) in [6.07, 6.45) is 0. The third kappa shape index (κ3) is 3.90. The molecule has 0 radical (unpaired) electrons. The molecule has 0 amide bonds. The van der Waals surface area contributed by atoms with Crippen molar-refractivity contribution >= 4 is 10.9 Å². The van der Waals surface area contributed by atoms with Gasteiger partial charge in [-0.1, -0.05) is 26.0 Å². The maximum atomic E-state index is 12.2. The van der Waals surface area contributed by atoms with E-state index in [-0.39, 0.29) is 12.1 Å². The summed E-state index contributed by atoms with van der Waals surface area (Å²) in [5, 5.41) is 13.1. The molecule has 0 saturated heterocycles. The molecule has 0 saturated carbocycles. The quantitative estimate of drug-likeness (QED) is 0.555. The van der Waals surface area contributed by atoms with E-state index in [1.807, 2.05) is 36.4 Å². The van der Waals surface area contributed by atoms with Crippen molar-refractivity contribution < 1.29 is 4.74 Å². The number of fused-ring (bicyclic) bond motifs is 1. The van der Waals surface area contributed by atoms with Gasteiger partial charge in [0.15, 0.2) is 0 Å².